The zero-order valence-corrected chi connectivity index (χ0v) is 13.6. The molecule has 1 aromatic carbocycles. The molecule has 1 aromatic heterocycles. The average Bonchev–Trinajstić information content (AvgIpc) is 3.21. The Morgan fingerprint density at radius 2 is 2.22 bits per heavy atom. The summed E-state index contributed by atoms with van der Waals surface area (Å²) >= 11 is 0. The van der Waals surface area contributed by atoms with E-state index in [9.17, 15) is 4.79 Å². The number of ether oxygens (including phenoxy) is 2. The Labute approximate surface area is 135 Å². The van der Waals surface area contributed by atoms with Crippen molar-refractivity contribution >= 4 is 16.9 Å². The first kappa shape index (κ1) is 16.0. The van der Waals surface area contributed by atoms with Crippen molar-refractivity contribution in [3.63, 3.8) is 0 Å². The van der Waals surface area contributed by atoms with Gasteiger partial charge >= 0.3 is 0 Å². The lowest BCUT2D eigenvalue weighted by atomic mass is 10.2. The molecule has 1 aliphatic rings. The quantitative estimate of drug-likeness (QED) is 0.889. The van der Waals surface area contributed by atoms with Crippen LogP contribution in [0.4, 0.5) is 0 Å². The van der Waals surface area contributed by atoms with Gasteiger partial charge in [0.2, 0.25) is 5.91 Å². The van der Waals surface area contributed by atoms with Gasteiger partial charge in [-0.15, -0.1) is 0 Å². The van der Waals surface area contributed by atoms with Crippen LogP contribution in [0.15, 0.2) is 34.7 Å². The molecular formula is C18H23NO4. The maximum atomic E-state index is 12.2. The lowest BCUT2D eigenvalue weighted by molar-refractivity contribution is -0.134. The van der Waals surface area contributed by atoms with Gasteiger partial charge in [-0.3, -0.25) is 4.79 Å². The molecule has 0 spiro atoms. The number of rotatable bonds is 6. The minimum atomic E-state index is -0.508. The second-order valence-corrected chi connectivity index (χ2v) is 6.03. The molecule has 0 unspecified atom stereocenters. The molecule has 3 atom stereocenters. The van der Waals surface area contributed by atoms with E-state index < -0.39 is 6.10 Å². The normalized spacial score (nSPS) is 20.5. The number of para-hydroxylation sites is 1. The summed E-state index contributed by atoms with van der Waals surface area (Å²) in [6, 6.07) is 9.55. The van der Waals surface area contributed by atoms with Crippen molar-refractivity contribution in [3.05, 3.63) is 36.1 Å². The molecule has 1 aliphatic heterocycles. The summed E-state index contributed by atoms with van der Waals surface area (Å²) in [4.78, 5) is 12.2. The predicted molar refractivity (Wildman–Crippen MR) is 87.2 cm³/mol. The Hall–Kier alpha value is -1.85. The van der Waals surface area contributed by atoms with Gasteiger partial charge in [0.15, 0.2) is 0 Å². The van der Waals surface area contributed by atoms with Crippen LogP contribution in [0, 0.1) is 0 Å². The maximum absolute atomic E-state index is 12.2. The van der Waals surface area contributed by atoms with Gasteiger partial charge in [-0.05, 0) is 38.8 Å². The predicted octanol–water partition coefficient (Wildman–Crippen LogP) is 3.19. The van der Waals surface area contributed by atoms with Gasteiger partial charge in [-0.2, -0.15) is 0 Å². The molecule has 2 aromatic rings. The monoisotopic (exact) mass is 317 g/mol. The van der Waals surface area contributed by atoms with Crippen molar-refractivity contribution in [2.24, 2.45) is 0 Å². The van der Waals surface area contributed by atoms with E-state index in [2.05, 4.69) is 5.32 Å². The van der Waals surface area contributed by atoms with Crippen LogP contribution in [0.2, 0.25) is 0 Å². The van der Waals surface area contributed by atoms with E-state index in [1.165, 1.54) is 0 Å². The number of hydrogen-bond acceptors (Lipinski definition) is 4. The zero-order chi connectivity index (χ0) is 16.2. The SMILES string of the molecule is C[C@H](OC[C@@H]1CCCO1)C(=O)N[C@H](C)c1cc2ccccc2o1. The van der Waals surface area contributed by atoms with Crippen LogP contribution >= 0.6 is 0 Å². The van der Waals surface area contributed by atoms with Gasteiger partial charge in [0.25, 0.3) is 0 Å². The Bertz CT molecular complexity index is 627. The summed E-state index contributed by atoms with van der Waals surface area (Å²) in [7, 11) is 0. The fourth-order valence-electron chi connectivity index (χ4n) is 2.72. The topological polar surface area (TPSA) is 60.7 Å². The fourth-order valence-corrected chi connectivity index (χ4v) is 2.72. The molecule has 124 valence electrons. The molecule has 0 aliphatic carbocycles. The van der Waals surface area contributed by atoms with Crippen molar-refractivity contribution in [1.29, 1.82) is 0 Å². The first-order chi connectivity index (χ1) is 11.1. The summed E-state index contributed by atoms with van der Waals surface area (Å²) in [6.45, 7) is 4.92. The summed E-state index contributed by atoms with van der Waals surface area (Å²) in [5.41, 5.74) is 0.825. The Kier molecular flexibility index (Phi) is 4.98. The molecule has 5 heteroatoms. The molecule has 3 rings (SSSR count). The Morgan fingerprint density at radius 3 is 2.96 bits per heavy atom. The highest BCUT2D eigenvalue weighted by atomic mass is 16.5. The fraction of sp³-hybridized carbons (Fsp3) is 0.500. The van der Waals surface area contributed by atoms with Crippen molar-refractivity contribution < 1.29 is 18.7 Å². The number of benzene rings is 1. The Balaban J connectivity index is 1.53. The van der Waals surface area contributed by atoms with Crippen LogP contribution in [0.25, 0.3) is 11.0 Å². The van der Waals surface area contributed by atoms with Crippen LogP contribution in [0.1, 0.15) is 38.5 Å². The van der Waals surface area contributed by atoms with Crippen molar-refractivity contribution in [3.8, 4) is 0 Å². The highest BCUT2D eigenvalue weighted by molar-refractivity contribution is 5.81. The zero-order valence-electron chi connectivity index (χ0n) is 13.6. The second-order valence-electron chi connectivity index (χ2n) is 6.03. The molecule has 1 N–H and O–H groups in total. The molecule has 0 saturated carbocycles. The molecule has 1 saturated heterocycles. The first-order valence-corrected chi connectivity index (χ1v) is 8.15. The van der Waals surface area contributed by atoms with Gasteiger partial charge in [-0.1, -0.05) is 18.2 Å². The molecule has 0 radical (unpaired) electrons. The number of furan rings is 1. The summed E-state index contributed by atoms with van der Waals surface area (Å²) in [6.07, 6.45) is 1.69. The Morgan fingerprint density at radius 1 is 1.39 bits per heavy atom. The third-order valence-electron chi connectivity index (χ3n) is 4.16. The van der Waals surface area contributed by atoms with E-state index >= 15 is 0 Å². The average molecular weight is 317 g/mol. The largest absolute Gasteiger partial charge is 0.459 e. The van der Waals surface area contributed by atoms with Crippen LogP contribution < -0.4 is 5.32 Å². The van der Waals surface area contributed by atoms with Crippen LogP contribution in [0.5, 0.6) is 0 Å². The number of nitrogens with one attached hydrogen (secondary N) is 1. The summed E-state index contributed by atoms with van der Waals surface area (Å²) < 4.78 is 16.9. The molecule has 2 heterocycles. The number of carbonyl (C=O) groups is 1. The third-order valence-corrected chi connectivity index (χ3v) is 4.16. The minimum absolute atomic E-state index is 0.123. The molecule has 0 bridgehead atoms. The van der Waals surface area contributed by atoms with Gasteiger partial charge in [0.1, 0.15) is 17.4 Å². The van der Waals surface area contributed by atoms with Gasteiger partial charge in [0.05, 0.1) is 18.8 Å². The molecule has 1 amide bonds. The summed E-state index contributed by atoms with van der Waals surface area (Å²) in [5.74, 6) is 0.599. The second kappa shape index (κ2) is 7.15. The van der Waals surface area contributed by atoms with E-state index in [4.69, 9.17) is 13.9 Å². The standard InChI is InChI=1S/C18H23NO4/c1-12(17-10-14-6-3-4-8-16(14)23-17)19-18(20)13(2)22-11-15-7-5-9-21-15/h3-4,6,8,10,12-13,15H,5,7,9,11H2,1-2H3,(H,19,20)/t12-,13+,15+/m1/s1. The van der Waals surface area contributed by atoms with E-state index in [1.807, 2.05) is 37.3 Å². The van der Waals surface area contributed by atoms with E-state index in [0.29, 0.717) is 6.61 Å². The van der Waals surface area contributed by atoms with Crippen LogP contribution in [-0.4, -0.2) is 31.3 Å². The molecule has 23 heavy (non-hydrogen) atoms. The number of fused-ring (bicyclic) bond motifs is 1. The van der Waals surface area contributed by atoms with Crippen molar-refractivity contribution in [2.75, 3.05) is 13.2 Å². The van der Waals surface area contributed by atoms with Gasteiger partial charge in [-0.25, -0.2) is 0 Å². The summed E-state index contributed by atoms with van der Waals surface area (Å²) in [5, 5.41) is 3.97. The minimum Gasteiger partial charge on any atom is -0.459 e. The van der Waals surface area contributed by atoms with Gasteiger partial charge < -0.3 is 19.2 Å². The van der Waals surface area contributed by atoms with E-state index in [-0.39, 0.29) is 18.1 Å². The third kappa shape index (κ3) is 3.92. The number of amides is 1. The van der Waals surface area contributed by atoms with Crippen molar-refractivity contribution in [1.82, 2.24) is 5.32 Å². The molecule has 1 fully saturated rings. The molecular weight excluding hydrogens is 294 g/mol. The number of hydrogen-bond donors (Lipinski definition) is 1. The molecule has 5 nitrogen and oxygen atoms in total. The number of carbonyl (C=O) groups excluding carboxylic acids is 1. The van der Waals surface area contributed by atoms with E-state index in [1.54, 1.807) is 6.92 Å². The highest BCUT2D eigenvalue weighted by Gasteiger charge is 2.22. The lowest BCUT2D eigenvalue weighted by Crippen LogP contribution is -2.37. The lowest BCUT2D eigenvalue weighted by Gasteiger charge is -2.18. The first-order valence-electron chi connectivity index (χ1n) is 8.15. The smallest absolute Gasteiger partial charge is 0.249 e. The van der Waals surface area contributed by atoms with Gasteiger partial charge in [0, 0.05) is 12.0 Å². The maximum Gasteiger partial charge on any atom is 0.249 e. The van der Waals surface area contributed by atoms with Crippen LogP contribution in [-0.2, 0) is 14.3 Å². The highest BCUT2D eigenvalue weighted by Crippen LogP contribution is 2.23. The van der Waals surface area contributed by atoms with Crippen LogP contribution in [0.3, 0.4) is 0 Å². The van der Waals surface area contributed by atoms with E-state index in [0.717, 1.165) is 36.2 Å². The van der Waals surface area contributed by atoms with Crippen molar-refractivity contribution in [2.45, 2.75) is 44.9 Å².